The summed E-state index contributed by atoms with van der Waals surface area (Å²) in [5.74, 6) is -0.238. The highest BCUT2D eigenvalue weighted by molar-refractivity contribution is 7.89. The predicted octanol–water partition coefficient (Wildman–Crippen LogP) is 5.26. The third kappa shape index (κ3) is 6.26. The van der Waals surface area contributed by atoms with E-state index in [4.69, 9.17) is 4.74 Å². The maximum absolute atomic E-state index is 13.3. The summed E-state index contributed by atoms with van der Waals surface area (Å²) in [5, 5.41) is 2.88. The molecule has 1 saturated heterocycles. The normalized spacial score (nSPS) is 18.0. The smallest absolute Gasteiger partial charge is 0.255 e. The second-order valence-corrected chi connectivity index (χ2v) is 12.5. The molecule has 4 aromatic carbocycles. The van der Waals surface area contributed by atoms with Gasteiger partial charge in [0.25, 0.3) is 5.91 Å². The van der Waals surface area contributed by atoms with Crippen LogP contribution in [0.25, 0.3) is 0 Å². The Hall–Kier alpha value is -3.82. The van der Waals surface area contributed by atoms with Crippen LogP contribution < -0.4 is 5.32 Å². The molecule has 4 aromatic rings. The average molecular weight is 568 g/mol. The van der Waals surface area contributed by atoms with Crippen LogP contribution in [0.4, 0.5) is 5.69 Å². The zero-order valence-electron chi connectivity index (χ0n) is 22.8. The number of rotatable bonds is 7. The van der Waals surface area contributed by atoms with Crippen molar-refractivity contribution >= 4 is 21.6 Å². The van der Waals surface area contributed by atoms with Gasteiger partial charge in [0.1, 0.15) is 0 Å². The molecule has 6 rings (SSSR count). The van der Waals surface area contributed by atoms with Gasteiger partial charge < -0.3 is 10.1 Å². The van der Waals surface area contributed by atoms with Gasteiger partial charge in [-0.25, -0.2) is 8.42 Å². The van der Waals surface area contributed by atoms with Crippen LogP contribution in [0.5, 0.6) is 0 Å². The maximum atomic E-state index is 13.3. The standard InChI is InChI=1S/C33H33N3O4S/c37-33(28-12-10-25(11-13-28)22-35-19-18-26-6-4-5-9-29(26)23-35)34-30-14-16-31(17-15-30)41(38,39)36-20-21-40-32(24-36)27-7-2-1-3-8-27/h1-17,32H,18-24H2,(H,34,37). The molecule has 0 aliphatic carbocycles. The number of benzene rings is 4. The molecule has 1 fully saturated rings. The molecule has 0 aromatic heterocycles. The molecule has 41 heavy (non-hydrogen) atoms. The van der Waals surface area contributed by atoms with E-state index in [1.807, 2.05) is 54.6 Å². The lowest BCUT2D eigenvalue weighted by Crippen LogP contribution is -2.42. The molecule has 1 atom stereocenters. The topological polar surface area (TPSA) is 79.0 Å². The second kappa shape index (κ2) is 12.0. The van der Waals surface area contributed by atoms with Gasteiger partial charge in [0.05, 0.1) is 17.6 Å². The molecule has 1 unspecified atom stereocenters. The minimum absolute atomic E-state index is 0.189. The summed E-state index contributed by atoms with van der Waals surface area (Å²) in [6.45, 7) is 3.67. The number of nitrogens with zero attached hydrogens (tertiary/aromatic N) is 2. The van der Waals surface area contributed by atoms with Crippen LogP contribution in [-0.4, -0.2) is 49.8 Å². The highest BCUT2D eigenvalue weighted by Crippen LogP contribution is 2.27. The fourth-order valence-corrected chi connectivity index (χ4v) is 6.91. The molecule has 8 heteroatoms. The van der Waals surface area contributed by atoms with E-state index in [1.54, 1.807) is 12.1 Å². The number of carbonyl (C=O) groups excluding carboxylic acids is 1. The van der Waals surface area contributed by atoms with Crippen molar-refractivity contribution in [3.05, 3.63) is 131 Å². The first-order chi connectivity index (χ1) is 20.0. The minimum atomic E-state index is -3.70. The van der Waals surface area contributed by atoms with Crippen LogP contribution in [0.3, 0.4) is 0 Å². The van der Waals surface area contributed by atoms with Crippen LogP contribution in [0.1, 0.15) is 38.7 Å². The van der Waals surface area contributed by atoms with E-state index in [-0.39, 0.29) is 23.5 Å². The van der Waals surface area contributed by atoms with Gasteiger partial charge in [-0.2, -0.15) is 4.31 Å². The quantitative estimate of drug-likeness (QED) is 0.330. The SMILES string of the molecule is O=C(Nc1ccc(S(=O)(=O)N2CCOC(c3ccccc3)C2)cc1)c1ccc(CN2CCc3ccccc3C2)cc1. The lowest BCUT2D eigenvalue weighted by atomic mass is 9.99. The Morgan fingerprint density at radius 1 is 0.829 bits per heavy atom. The zero-order valence-corrected chi connectivity index (χ0v) is 23.6. The maximum Gasteiger partial charge on any atom is 0.255 e. The molecule has 0 radical (unpaired) electrons. The van der Waals surface area contributed by atoms with Gasteiger partial charge in [0.15, 0.2) is 0 Å². The minimum Gasteiger partial charge on any atom is -0.371 e. The van der Waals surface area contributed by atoms with Crippen molar-refractivity contribution in [3.8, 4) is 0 Å². The summed E-state index contributed by atoms with van der Waals surface area (Å²) in [7, 11) is -3.70. The van der Waals surface area contributed by atoms with Crippen LogP contribution in [0.15, 0.2) is 108 Å². The summed E-state index contributed by atoms with van der Waals surface area (Å²) in [4.78, 5) is 15.5. The largest absolute Gasteiger partial charge is 0.371 e. The molecular weight excluding hydrogens is 534 g/mol. The van der Waals surface area contributed by atoms with Gasteiger partial charge in [-0.05, 0) is 65.1 Å². The van der Waals surface area contributed by atoms with Crippen molar-refractivity contribution in [3.63, 3.8) is 0 Å². The van der Waals surface area contributed by atoms with Crippen molar-refractivity contribution in [1.82, 2.24) is 9.21 Å². The van der Waals surface area contributed by atoms with Crippen LogP contribution in [0.2, 0.25) is 0 Å². The van der Waals surface area contributed by atoms with Gasteiger partial charge in [0, 0.05) is 44.0 Å². The summed E-state index contributed by atoms with van der Waals surface area (Å²) in [5.41, 5.74) is 6.02. The Balaban J connectivity index is 1.05. The number of nitrogens with one attached hydrogen (secondary N) is 1. The van der Waals surface area contributed by atoms with Crippen molar-refractivity contribution in [2.24, 2.45) is 0 Å². The zero-order chi connectivity index (χ0) is 28.2. The Morgan fingerprint density at radius 3 is 2.29 bits per heavy atom. The van der Waals surface area contributed by atoms with Gasteiger partial charge in [-0.15, -0.1) is 0 Å². The third-order valence-corrected chi connectivity index (χ3v) is 9.66. The van der Waals surface area contributed by atoms with Crippen LogP contribution in [-0.2, 0) is 34.3 Å². The Kier molecular flexibility index (Phi) is 7.98. The Morgan fingerprint density at radius 2 is 1.54 bits per heavy atom. The van der Waals surface area contributed by atoms with Crippen molar-refractivity contribution in [2.75, 3.05) is 31.6 Å². The lowest BCUT2D eigenvalue weighted by Gasteiger charge is -2.32. The molecular formula is C33H33N3O4S. The molecule has 1 N–H and O–H groups in total. The van der Waals surface area contributed by atoms with Gasteiger partial charge in [-0.3, -0.25) is 9.69 Å². The highest BCUT2D eigenvalue weighted by atomic mass is 32.2. The van der Waals surface area contributed by atoms with E-state index in [2.05, 4.69) is 34.5 Å². The number of sulfonamides is 1. The molecule has 7 nitrogen and oxygen atoms in total. The van der Waals surface area contributed by atoms with Crippen molar-refractivity contribution in [1.29, 1.82) is 0 Å². The number of amides is 1. The van der Waals surface area contributed by atoms with E-state index >= 15 is 0 Å². The number of anilines is 1. The molecule has 1 amide bonds. The molecule has 0 bridgehead atoms. The van der Waals surface area contributed by atoms with Crippen molar-refractivity contribution < 1.29 is 17.9 Å². The fraction of sp³-hybridized carbons (Fsp3) is 0.242. The molecule has 0 saturated carbocycles. The monoisotopic (exact) mass is 567 g/mol. The second-order valence-electron chi connectivity index (χ2n) is 10.5. The summed E-state index contributed by atoms with van der Waals surface area (Å²) in [6, 6.07) is 32.2. The summed E-state index contributed by atoms with van der Waals surface area (Å²) >= 11 is 0. The van der Waals surface area contributed by atoms with Gasteiger partial charge >= 0.3 is 0 Å². The van der Waals surface area contributed by atoms with E-state index in [0.717, 1.165) is 37.2 Å². The lowest BCUT2D eigenvalue weighted by molar-refractivity contribution is -0.00255. The van der Waals surface area contributed by atoms with Crippen LogP contribution >= 0.6 is 0 Å². The van der Waals surface area contributed by atoms with Gasteiger partial charge in [-0.1, -0.05) is 66.7 Å². The number of carbonyl (C=O) groups is 1. The highest BCUT2D eigenvalue weighted by Gasteiger charge is 2.31. The van der Waals surface area contributed by atoms with Crippen LogP contribution in [0, 0.1) is 0 Å². The molecule has 2 aliphatic heterocycles. The number of fused-ring (bicyclic) bond motifs is 1. The first-order valence-corrected chi connectivity index (χ1v) is 15.4. The van der Waals surface area contributed by atoms with E-state index in [0.29, 0.717) is 24.4 Å². The Bertz CT molecular complexity index is 1610. The molecule has 0 spiro atoms. The van der Waals surface area contributed by atoms with E-state index in [9.17, 15) is 13.2 Å². The van der Waals surface area contributed by atoms with Gasteiger partial charge in [0.2, 0.25) is 10.0 Å². The fourth-order valence-electron chi connectivity index (χ4n) is 5.48. The number of hydrogen-bond acceptors (Lipinski definition) is 5. The van der Waals surface area contributed by atoms with E-state index < -0.39 is 10.0 Å². The first kappa shape index (κ1) is 27.4. The number of morpholine rings is 1. The molecule has 210 valence electrons. The average Bonchev–Trinajstić information content (AvgIpc) is 3.02. The first-order valence-electron chi connectivity index (χ1n) is 13.9. The summed E-state index contributed by atoms with van der Waals surface area (Å²) in [6.07, 6.45) is 0.749. The summed E-state index contributed by atoms with van der Waals surface area (Å²) < 4.78 is 34.0. The van der Waals surface area contributed by atoms with E-state index in [1.165, 1.54) is 27.6 Å². The predicted molar refractivity (Wildman–Crippen MR) is 159 cm³/mol. The molecule has 2 aliphatic rings. The Labute approximate surface area is 241 Å². The third-order valence-electron chi connectivity index (χ3n) is 7.78. The van der Waals surface area contributed by atoms with Crippen molar-refractivity contribution in [2.45, 2.75) is 30.5 Å². The number of ether oxygens (including phenoxy) is 1. The number of hydrogen-bond donors (Lipinski definition) is 1. The molecule has 2 heterocycles.